The lowest BCUT2D eigenvalue weighted by Gasteiger charge is -2.40. The second-order valence-corrected chi connectivity index (χ2v) is 16.2. The van der Waals surface area contributed by atoms with Gasteiger partial charge < -0.3 is 34.5 Å². The van der Waals surface area contributed by atoms with Crippen LogP contribution in [0.1, 0.15) is 51.5 Å². The van der Waals surface area contributed by atoms with Crippen molar-refractivity contribution in [3.05, 3.63) is 54.1 Å². The minimum Gasteiger partial charge on any atom is -0.465 e. The van der Waals surface area contributed by atoms with Gasteiger partial charge in [-0.25, -0.2) is 13.2 Å². The summed E-state index contributed by atoms with van der Waals surface area (Å²) in [4.78, 5) is 26.4. The number of benzene rings is 2. The Morgan fingerprint density at radius 1 is 1.04 bits per heavy atom. The fourth-order valence-electron chi connectivity index (χ4n) is 7.12. The summed E-state index contributed by atoms with van der Waals surface area (Å²) in [6.07, 6.45) is 0.701. The fraction of sp³-hybridized carbons (Fsp3) is 0.600. The van der Waals surface area contributed by atoms with Crippen molar-refractivity contribution in [1.29, 1.82) is 0 Å². The van der Waals surface area contributed by atoms with Gasteiger partial charge in [-0.3, -0.25) is 9.69 Å². The molecule has 0 unspecified atom stereocenters. The number of aliphatic hydroxyl groups is 1. The van der Waals surface area contributed by atoms with Gasteiger partial charge in [0.15, 0.2) is 17.8 Å². The van der Waals surface area contributed by atoms with Crippen LogP contribution in [0.15, 0.2) is 53.4 Å². The van der Waals surface area contributed by atoms with E-state index in [1.165, 1.54) is 21.3 Å². The van der Waals surface area contributed by atoms with Crippen molar-refractivity contribution in [3.63, 3.8) is 0 Å². The van der Waals surface area contributed by atoms with Crippen molar-refractivity contribution in [2.24, 2.45) is 17.3 Å². The molecule has 1 aliphatic carbocycles. The number of hydrogen-bond donors (Lipinski definition) is 3. The largest absolute Gasteiger partial charge is 0.465 e. The third kappa shape index (κ3) is 8.31. The summed E-state index contributed by atoms with van der Waals surface area (Å²) in [6.45, 7) is 4.60. The van der Waals surface area contributed by atoms with Crippen LogP contribution in [-0.2, 0) is 30.7 Å². The Hall–Kier alpha value is -3.43. The smallest absolute Gasteiger partial charge is 0.407 e. The highest BCUT2D eigenvalue weighted by Gasteiger charge is 2.49. The lowest BCUT2D eigenvalue weighted by molar-refractivity contribution is -0.122. The molecule has 14 heteroatoms. The zero-order chi connectivity index (χ0) is 34.8. The van der Waals surface area contributed by atoms with Crippen LogP contribution in [0.3, 0.4) is 0 Å². The topological polar surface area (TPSA) is 164 Å². The van der Waals surface area contributed by atoms with Crippen LogP contribution in [0.2, 0.25) is 0 Å². The summed E-state index contributed by atoms with van der Waals surface area (Å²) in [5.41, 5.74) is 0.234. The second-order valence-electron chi connectivity index (χ2n) is 14.3. The van der Waals surface area contributed by atoms with E-state index in [2.05, 4.69) is 5.32 Å². The highest BCUT2D eigenvalue weighted by Crippen LogP contribution is 2.38. The van der Waals surface area contributed by atoms with Crippen LogP contribution in [0.5, 0.6) is 11.5 Å². The van der Waals surface area contributed by atoms with Crippen molar-refractivity contribution in [1.82, 2.24) is 14.5 Å². The molecule has 0 bridgehead atoms. The molecule has 0 radical (unpaired) electrons. The molecule has 2 saturated heterocycles. The average Bonchev–Trinajstić information content (AvgIpc) is 3.43. The van der Waals surface area contributed by atoms with Crippen molar-refractivity contribution < 1.29 is 47.2 Å². The van der Waals surface area contributed by atoms with E-state index in [1.807, 2.05) is 44.2 Å². The Balaban J connectivity index is 1.28. The minimum absolute atomic E-state index is 0.0183. The van der Waals surface area contributed by atoms with Crippen LogP contribution in [0.4, 0.5) is 4.79 Å². The molecular weight excluding hydrogens is 654 g/mol. The molecule has 3 heterocycles. The first-order valence-corrected chi connectivity index (χ1v) is 18.5. The third-order valence-electron chi connectivity index (χ3n) is 9.93. The van der Waals surface area contributed by atoms with Gasteiger partial charge >= 0.3 is 6.09 Å². The Labute approximate surface area is 287 Å². The number of hydrogen-bond acceptors (Lipinski definition) is 9. The number of sulfonamides is 1. The van der Waals surface area contributed by atoms with Gasteiger partial charge in [-0.1, -0.05) is 44.2 Å². The van der Waals surface area contributed by atoms with Gasteiger partial charge in [0.2, 0.25) is 22.7 Å². The SMILES string of the molecule is CC(C)(CCCNC(=O)C1CC1)CN(C[C@@H](O)[C@H](Cc1ccccc1)N(C(=O)O)[C@H]1CO[C@H]2OCC[C@H]21)S(=O)(=O)c1ccc2c(c1)OCO2. The molecule has 3 aliphatic heterocycles. The number of amides is 2. The molecule has 268 valence electrons. The molecule has 2 amide bonds. The Morgan fingerprint density at radius 3 is 2.53 bits per heavy atom. The van der Waals surface area contributed by atoms with E-state index in [1.54, 1.807) is 6.07 Å². The monoisotopic (exact) mass is 701 g/mol. The van der Waals surface area contributed by atoms with Gasteiger partial charge in [-0.05, 0) is 61.6 Å². The lowest BCUT2D eigenvalue weighted by atomic mass is 9.87. The first-order valence-electron chi connectivity index (χ1n) is 17.1. The van der Waals surface area contributed by atoms with E-state index in [9.17, 15) is 28.2 Å². The number of carboxylic acid groups (broad SMARTS) is 1. The predicted octanol–water partition coefficient (Wildman–Crippen LogP) is 3.45. The van der Waals surface area contributed by atoms with Gasteiger partial charge in [-0.2, -0.15) is 4.31 Å². The molecule has 6 rings (SSSR count). The summed E-state index contributed by atoms with van der Waals surface area (Å²) >= 11 is 0. The van der Waals surface area contributed by atoms with Crippen molar-refractivity contribution >= 4 is 22.0 Å². The first kappa shape index (κ1) is 35.4. The molecule has 0 spiro atoms. The van der Waals surface area contributed by atoms with E-state index in [0.29, 0.717) is 43.9 Å². The number of carbonyl (C=O) groups excluding carboxylic acids is 1. The number of nitrogens with one attached hydrogen (secondary N) is 1. The number of nitrogens with zero attached hydrogens (tertiary/aromatic N) is 2. The van der Waals surface area contributed by atoms with Crippen LogP contribution >= 0.6 is 0 Å². The first-order chi connectivity index (χ1) is 23.4. The van der Waals surface area contributed by atoms with Gasteiger partial charge in [0.05, 0.1) is 36.3 Å². The third-order valence-corrected chi connectivity index (χ3v) is 11.7. The summed E-state index contributed by atoms with van der Waals surface area (Å²) < 4.78 is 52.5. The highest BCUT2D eigenvalue weighted by molar-refractivity contribution is 7.89. The summed E-state index contributed by atoms with van der Waals surface area (Å²) in [6, 6.07) is 12.1. The maximum absolute atomic E-state index is 14.4. The molecule has 1 saturated carbocycles. The molecule has 4 aliphatic rings. The lowest BCUT2D eigenvalue weighted by Crippen LogP contribution is -2.58. The molecule has 2 aromatic rings. The van der Waals surface area contributed by atoms with E-state index >= 15 is 0 Å². The van der Waals surface area contributed by atoms with Crippen LogP contribution in [0.25, 0.3) is 0 Å². The molecular formula is C35H47N3O10S. The molecule has 49 heavy (non-hydrogen) atoms. The maximum Gasteiger partial charge on any atom is 0.407 e. The van der Waals surface area contributed by atoms with Gasteiger partial charge in [0.25, 0.3) is 0 Å². The van der Waals surface area contributed by atoms with Crippen LogP contribution < -0.4 is 14.8 Å². The van der Waals surface area contributed by atoms with Gasteiger partial charge in [0.1, 0.15) is 0 Å². The standard InChI is InChI=1S/C35H47N3O10S/c1-35(2,14-6-15-36-32(40)24-9-10-24)21-37(49(43,44)25-11-12-30-31(18-25)48-22-47-30)19-29(39)27(17-23-7-4-3-5-8-23)38(34(41)42)28-20-46-33-26(28)13-16-45-33/h3-5,7-8,11-12,18,24,26-29,33,39H,6,9-10,13-17,19-22H2,1-2H3,(H,36,40)(H,41,42)/t26-,27-,28-,29+,33+/m0/s1. The molecule has 5 atom stereocenters. The number of fused-ring (bicyclic) bond motifs is 2. The molecule has 13 nitrogen and oxygen atoms in total. The molecule has 2 aromatic carbocycles. The zero-order valence-corrected chi connectivity index (χ0v) is 28.8. The maximum atomic E-state index is 14.4. The highest BCUT2D eigenvalue weighted by atomic mass is 32.2. The number of rotatable bonds is 16. The molecule has 0 aromatic heterocycles. The summed E-state index contributed by atoms with van der Waals surface area (Å²) in [5, 5.41) is 25.7. The van der Waals surface area contributed by atoms with E-state index in [4.69, 9.17) is 18.9 Å². The van der Waals surface area contributed by atoms with Crippen molar-refractivity contribution in [2.75, 3.05) is 39.6 Å². The fourth-order valence-corrected chi connectivity index (χ4v) is 8.79. The molecule has 3 N–H and O–H groups in total. The summed E-state index contributed by atoms with van der Waals surface area (Å²) in [5.74, 6) is 0.708. The minimum atomic E-state index is -4.23. The van der Waals surface area contributed by atoms with E-state index in [-0.39, 0.29) is 55.5 Å². The number of carbonyl (C=O) groups is 2. The van der Waals surface area contributed by atoms with E-state index in [0.717, 1.165) is 18.4 Å². The van der Waals surface area contributed by atoms with E-state index < -0.39 is 46.0 Å². The second kappa shape index (κ2) is 14.8. The van der Waals surface area contributed by atoms with Crippen LogP contribution in [-0.4, -0.2) is 104 Å². The Kier molecular flexibility index (Phi) is 10.7. The van der Waals surface area contributed by atoms with Crippen LogP contribution in [0, 0.1) is 17.3 Å². The van der Waals surface area contributed by atoms with Crippen molar-refractivity contribution in [3.8, 4) is 11.5 Å². The predicted molar refractivity (Wildman–Crippen MR) is 177 cm³/mol. The normalized spacial score (nSPS) is 22.9. The molecule has 3 fully saturated rings. The Morgan fingerprint density at radius 2 is 1.80 bits per heavy atom. The summed E-state index contributed by atoms with van der Waals surface area (Å²) in [7, 11) is -4.23. The number of ether oxygens (including phenoxy) is 4. The van der Waals surface area contributed by atoms with Gasteiger partial charge in [0, 0.05) is 37.5 Å². The zero-order valence-electron chi connectivity index (χ0n) is 28.0. The quantitative estimate of drug-likeness (QED) is 0.221. The van der Waals surface area contributed by atoms with Crippen molar-refractivity contribution in [2.45, 2.75) is 81.7 Å². The Bertz CT molecular complexity index is 1590. The van der Waals surface area contributed by atoms with Gasteiger partial charge in [-0.15, -0.1) is 0 Å². The average molecular weight is 702 g/mol. The number of aliphatic hydroxyl groups excluding tert-OH is 1.